The maximum Gasteiger partial charge on any atom is -0.00490 e. The SMILES string of the molecule is CCCCCCCCCCCCCCN.CCCCNCCCC. The van der Waals surface area contributed by atoms with Crippen molar-refractivity contribution in [2.75, 3.05) is 19.6 Å². The number of rotatable bonds is 18. The third-order valence-corrected chi connectivity index (χ3v) is 4.47. The van der Waals surface area contributed by atoms with Crippen LogP contribution in [0.4, 0.5) is 0 Å². The highest BCUT2D eigenvalue weighted by Crippen LogP contribution is 2.11. The largest absolute Gasteiger partial charge is 0.330 e. The molecule has 0 amide bonds. The lowest BCUT2D eigenvalue weighted by molar-refractivity contribution is 0.545. The van der Waals surface area contributed by atoms with Crippen LogP contribution in [-0.4, -0.2) is 19.6 Å². The lowest BCUT2D eigenvalue weighted by Gasteiger charge is -2.01. The van der Waals surface area contributed by atoms with Crippen molar-refractivity contribution in [1.29, 1.82) is 0 Å². The van der Waals surface area contributed by atoms with Crippen molar-refractivity contribution in [3.8, 4) is 0 Å². The Kier molecular flexibility index (Phi) is 30.2. The molecule has 0 saturated carbocycles. The van der Waals surface area contributed by atoms with Crippen molar-refractivity contribution in [2.24, 2.45) is 5.73 Å². The van der Waals surface area contributed by atoms with Crippen LogP contribution < -0.4 is 11.1 Å². The van der Waals surface area contributed by atoms with Crippen LogP contribution in [0.5, 0.6) is 0 Å². The zero-order chi connectivity index (χ0) is 18.1. The van der Waals surface area contributed by atoms with E-state index in [4.69, 9.17) is 5.73 Å². The topological polar surface area (TPSA) is 38.0 Å². The Hall–Kier alpha value is -0.0800. The van der Waals surface area contributed by atoms with Crippen LogP contribution in [0.1, 0.15) is 124 Å². The molecule has 0 aliphatic heterocycles. The summed E-state index contributed by atoms with van der Waals surface area (Å²) < 4.78 is 0. The molecule has 24 heavy (non-hydrogen) atoms. The van der Waals surface area contributed by atoms with Gasteiger partial charge in [0.1, 0.15) is 0 Å². The first-order valence-corrected chi connectivity index (χ1v) is 11.2. The maximum absolute atomic E-state index is 5.45. The van der Waals surface area contributed by atoms with Crippen molar-refractivity contribution >= 4 is 0 Å². The molecule has 0 aliphatic carbocycles. The van der Waals surface area contributed by atoms with Crippen LogP contribution in [0, 0.1) is 0 Å². The van der Waals surface area contributed by atoms with Crippen molar-refractivity contribution in [3.63, 3.8) is 0 Å². The van der Waals surface area contributed by atoms with Gasteiger partial charge >= 0.3 is 0 Å². The van der Waals surface area contributed by atoms with E-state index in [1.165, 1.54) is 116 Å². The molecule has 0 aromatic rings. The summed E-state index contributed by atoms with van der Waals surface area (Å²) in [5.74, 6) is 0. The molecule has 0 atom stereocenters. The molecule has 0 rings (SSSR count). The summed E-state index contributed by atoms with van der Waals surface area (Å²) in [7, 11) is 0. The Labute approximate surface area is 154 Å². The van der Waals surface area contributed by atoms with Crippen LogP contribution in [0.15, 0.2) is 0 Å². The first kappa shape index (κ1) is 26.2. The van der Waals surface area contributed by atoms with E-state index in [1.54, 1.807) is 0 Å². The van der Waals surface area contributed by atoms with Crippen LogP contribution in [0.3, 0.4) is 0 Å². The molecule has 0 fully saturated rings. The number of hydrogen-bond donors (Lipinski definition) is 2. The smallest absolute Gasteiger partial charge is 0.00490 e. The third kappa shape index (κ3) is 29.9. The molecule has 0 unspecified atom stereocenters. The van der Waals surface area contributed by atoms with Gasteiger partial charge in [0.25, 0.3) is 0 Å². The minimum absolute atomic E-state index is 0.872. The molecular weight excluding hydrogens is 292 g/mol. The molecule has 0 aromatic carbocycles. The van der Waals surface area contributed by atoms with E-state index in [9.17, 15) is 0 Å². The summed E-state index contributed by atoms with van der Waals surface area (Å²) in [5.41, 5.74) is 5.45. The average molecular weight is 343 g/mol. The van der Waals surface area contributed by atoms with Crippen molar-refractivity contribution < 1.29 is 0 Å². The first-order valence-electron chi connectivity index (χ1n) is 11.2. The molecule has 0 radical (unpaired) electrons. The normalized spacial score (nSPS) is 10.5. The van der Waals surface area contributed by atoms with Gasteiger partial charge in [-0.1, -0.05) is 104 Å². The van der Waals surface area contributed by atoms with Gasteiger partial charge in [0.2, 0.25) is 0 Å². The maximum atomic E-state index is 5.45. The third-order valence-electron chi connectivity index (χ3n) is 4.47. The molecule has 3 N–H and O–H groups in total. The summed E-state index contributed by atoms with van der Waals surface area (Å²) in [5, 5.41) is 3.39. The van der Waals surface area contributed by atoms with E-state index in [1.807, 2.05) is 0 Å². The first-order chi connectivity index (χ1) is 11.8. The van der Waals surface area contributed by atoms with Crippen molar-refractivity contribution in [2.45, 2.75) is 124 Å². The van der Waals surface area contributed by atoms with Gasteiger partial charge in [0.15, 0.2) is 0 Å². The summed E-state index contributed by atoms with van der Waals surface area (Å²) in [6, 6.07) is 0. The highest BCUT2D eigenvalue weighted by Gasteiger charge is 1.92. The second kappa shape index (κ2) is 27.8. The monoisotopic (exact) mass is 342 g/mol. The summed E-state index contributed by atoms with van der Waals surface area (Å²) >= 11 is 0. The lowest BCUT2D eigenvalue weighted by Crippen LogP contribution is -2.15. The number of hydrogen-bond acceptors (Lipinski definition) is 2. The van der Waals surface area contributed by atoms with Gasteiger partial charge in [0.05, 0.1) is 0 Å². The van der Waals surface area contributed by atoms with Gasteiger partial charge in [-0.15, -0.1) is 0 Å². The fourth-order valence-corrected chi connectivity index (χ4v) is 2.71. The fraction of sp³-hybridized carbons (Fsp3) is 1.00. The number of nitrogens with one attached hydrogen (secondary N) is 1. The molecule has 0 aromatic heterocycles. The van der Waals surface area contributed by atoms with Crippen molar-refractivity contribution in [3.05, 3.63) is 0 Å². The summed E-state index contributed by atoms with van der Waals surface area (Å²) in [6.07, 6.45) is 22.2. The Morgan fingerprint density at radius 2 is 0.792 bits per heavy atom. The van der Waals surface area contributed by atoms with Gasteiger partial charge in [-0.2, -0.15) is 0 Å². The molecular formula is C22H50N2. The zero-order valence-corrected chi connectivity index (χ0v) is 17.5. The summed E-state index contributed by atoms with van der Waals surface area (Å²) in [6.45, 7) is 10.0. The molecule has 148 valence electrons. The molecule has 0 spiro atoms. The van der Waals surface area contributed by atoms with E-state index < -0.39 is 0 Å². The molecule has 0 bridgehead atoms. The van der Waals surface area contributed by atoms with Crippen molar-refractivity contribution in [1.82, 2.24) is 5.32 Å². The van der Waals surface area contributed by atoms with E-state index in [-0.39, 0.29) is 0 Å². The molecule has 2 heteroatoms. The Bertz CT molecular complexity index is 165. The molecule has 0 heterocycles. The van der Waals surface area contributed by atoms with Gasteiger partial charge in [-0.3, -0.25) is 0 Å². The minimum atomic E-state index is 0.872. The quantitative estimate of drug-likeness (QED) is 0.268. The standard InChI is InChI=1S/C14H31N.C8H19N/c1-2-3-4-5-6-7-8-9-10-11-12-13-14-15;1-3-5-7-9-8-6-4-2/h2-15H2,1H3;9H,3-8H2,1-2H3. The Balaban J connectivity index is 0. The predicted octanol–water partition coefficient (Wildman–Crippen LogP) is 6.82. The second-order valence-electron chi connectivity index (χ2n) is 7.13. The lowest BCUT2D eigenvalue weighted by atomic mass is 10.1. The molecule has 2 nitrogen and oxygen atoms in total. The predicted molar refractivity (Wildman–Crippen MR) is 113 cm³/mol. The van der Waals surface area contributed by atoms with Gasteiger partial charge in [-0.05, 0) is 38.9 Å². The number of unbranched alkanes of at least 4 members (excludes halogenated alkanes) is 13. The Morgan fingerprint density at radius 1 is 0.458 bits per heavy atom. The second-order valence-corrected chi connectivity index (χ2v) is 7.13. The molecule has 0 aliphatic rings. The average Bonchev–Trinajstić information content (AvgIpc) is 2.60. The van der Waals surface area contributed by atoms with Gasteiger partial charge in [0, 0.05) is 0 Å². The van der Waals surface area contributed by atoms with E-state index in [2.05, 4.69) is 26.1 Å². The van der Waals surface area contributed by atoms with E-state index in [0.29, 0.717) is 0 Å². The van der Waals surface area contributed by atoms with Crippen LogP contribution in [0.25, 0.3) is 0 Å². The van der Waals surface area contributed by atoms with Gasteiger partial charge in [-0.25, -0.2) is 0 Å². The van der Waals surface area contributed by atoms with E-state index in [0.717, 1.165) is 6.54 Å². The highest BCUT2D eigenvalue weighted by atomic mass is 14.8. The van der Waals surface area contributed by atoms with Gasteiger partial charge < -0.3 is 11.1 Å². The minimum Gasteiger partial charge on any atom is -0.330 e. The molecule has 0 saturated heterocycles. The van der Waals surface area contributed by atoms with Crippen LogP contribution >= 0.6 is 0 Å². The Morgan fingerprint density at radius 3 is 1.12 bits per heavy atom. The highest BCUT2D eigenvalue weighted by molar-refractivity contribution is 4.48. The van der Waals surface area contributed by atoms with E-state index >= 15 is 0 Å². The summed E-state index contributed by atoms with van der Waals surface area (Å²) in [4.78, 5) is 0. The fourth-order valence-electron chi connectivity index (χ4n) is 2.71. The van der Waals surface area contributed by atoms with Crippen LogP contribution in [-0.2, 0) is 0 Å². The van der Waals surface area contributed by atoms with Crippen LogP contribution in [0.2, 0.25) is 0 Å². The number of nitrogens with two attached hydrogens (primary N) is 1. The zero-order valence-electron chi connectivity index (χ0n) is 17.5.